The highest BCUT2D eigenvalue weighted by Gasteiger charge is 2.33. The summed E-state index contributed by atoms with van der Waals surface area (Å²) in [6.07, 6.45) is 1.53. The molecule has 0 spiro atoms. The van der Waals surface area contributed by atoms with Gasteiger partial charge in [0.15, 0.2) is 0 Å². The van der Waals surface area contributed by atoms with Gasteiger partial charge in [0.2, 0.25) is 5.91 Å². The zero-order chi connectivity index (χ0) is 22.7. The van der Waals surface area contributed by atoms with E-state index in [0.29, 0.717) is 39.3 Å². The van der Waals surface area contributed by atoms with E-state index in [2.05, 4.69) is 4.90 Å². The van der Waals surface area contributed by atoms with E-state index in [9.17, 15) is 18.4 Å². The second-order valence-electron chi connectivity index (χ2n) is 8.49. The summed E-state index contributed by atoms with van der Waals surface area (Å²) in [6.45, 7) is 3.37. The zero-order valence-corrected chi connectivity index (χ0v) is 17.9. The van der Waals surface area contributed by atoms with Crippen LogP contribution in [0.25, 0.3) is 0 Å². The third-order valence-corrected chi connectivity index (χ3v) is 6.44. The molecule has 2 heterocycles. The maximum Gasteiger partial charge on any atom is 0.314 e. The summed E-state index contributed by atoms with van der Waals surface area (Å²) in [5.41, 5.74) is 7.23. The number of nitrogens with zero attached hydrogens (tertiary/aromatic N) is 3. The molecule has 3 amide bonds. The van der Waals surface area contributed by atoms with Crippen molar-refractivity contribution in [3.8, 4) is 0 Å². The third kappa shape index (κ3) is 4.91. The van der Waals surface area contributed by atoms with Crippen molar-refractivity contribution in [2.75, 3.05) is 39.3 Å². The Morgan fingerprint density at radius 3 is 1.84 bits per heavy atom. The number of benzene rings is 2. The number of carbonyl (C=O) groups excluding carboxylic acids is 2. The number of hydrogen-bond donors (Lipinski definition) is 1. The van der Waals surface area contributed by atoms with Gasteiger partial charge in [-0.2, -0.15) is 0 Å². The lowest BCUT2D eigenvalue weighted by Crippen LogP contribution is -2.54. The number of piperazine rings is 1. The molecule has 8 heteroatoms. The average Bonchev–Trinajstić information content (AvgIpc) is 2.82. The Hall–Kier alpha value is -3.00. The Balaban J connectivity index is 1.46. The van der Waals surface area contributed by atoms with Crippen LogP contribution in [0.2, 0.25) is 0 Å². The molecule has 0 bridgehead atoms. The molecule has 2 aliphatic rings. The van der Waals surface area contributed by atoms with Crippen LogP contribution in [0.3, 0.4) is 0 Å². The number of halogens is 2. The van der Waals surface area contributed by atoms with Crippen molar-refractivity contribution >= 4 is 11.9 Å². The van der Waals surface area contributed by atoms with Gasteiger partial charge < -0.3 is 15.5 Å². The van der Waals surface area contributed by atoms with Crippen molar-refractivity contribution in [3.05, 3.63) is 71.3 Å². The van der Waals surface area contributed by atoms with Crippen LogP contribution in [0.4, 0.5) is 13.6 Å². The summed E-state index contributed by atoms with van der Waals surface area (Å²) in [7, 11) is 0. The zero-order valence-electron chi connectivity index (χ0n) is 17.9. The van der Waals surface area contributed by atoms with E-state index in [1.54, 1.807) is 29.2 Å². The standard InChI is InChI=1S/C24H28F2N4O2/c25-20-7-3-17(4-8-20)22(18-5-9-21(26)10-6-18)28-12-14-29(15-13-28)23(31)19-2-1-11-30(16-19)24(27)32/h3-10,19,22H,1-2,11-16H2,(H2,27,32). The van der Waals surface area contributed by atoms with Crippen LogP contribution in [0, 0.1) is 17.6 Å². The van der Waals surface area contributed by atoms with Gasteiger partial charge in [0.25, 0.3) is 0 Å². The largest absolute Gasteiger partial charge is 0.351 e. The summed E-state index contributed by atoms with van der Waals surface area (Å²) in [5, 5.41) is 0. The van der Waals surface area contributed by atoms with Gasteiger partial charge >= 0.3 is 6.03 Å². The minimum absolute atomic E-state index is 0.0655. The number of hydrogen-bond acceptors (Lipinski definition) is 3. The van der Waals surface area contributed by atoms with Crippen molar-refractivity contribution in [2.45, 2.75) is 18.9 Å². The van der Waals surface area contributed by atoms with Crippen molar-refractivity contribution in [3.63, 3.8) is 0 Å². The number of piperidine rings is 1. The van der Waals surface area contributed by atoms with Gasteiger partial charge in [-0.25, -0.2) is 13.6 Å². The minimum atomic E-state index is -0.478. The van der Waals surface area contributed by atoms with Gasteiger partial charge in [0.05, 0.1) is 12.0 Å². The Morgan fingerprint density at radius 2 is 1.34 bits per heavy atom. The molecular weight excluding hydrogens is 414 g/mol. The molecule has 1 atom stereocenters. The summed E-state index contributed by atoms with van der Waals surface area (Å²) in [6, 6.07) is 12.1. The fraction of sp³-hybridized carbons (Fsp3) is 0.417. The fourth-order valence-electron chi connectivity index (χ4n) is 4.74. The minimum Gasteiger partial charge on any atom is -0.351 e. The number of amides is 3. The average molecular weight is 443 g/mol. The summed E-state index contributed by atoms with van der Waals surface area (Å²) in [5.74, 6) is -0.762. The van der Waals surface area contributed by atoms with Crippen LogP contribution >= 0.6 is 0 Å². The number of urea groups is 1. The molecule has 2 aromatic carbocycles. The first-order chi connectivity index (χ1) is 15.4. The number of carbonyl (C=O) groups is 2. The highest BCUT2D eigenvalue weighted by atomic mass is 19.1. The molecular formula is C24H28F2N4O2. The topological polar surface area (TPSA) is 69.9 Å². The lowest BCUT2D eigenvalue weighted by Gasteiger charge is -2.41. The molecule has 170 valence electrons. The van der Waals surface area contributed by atoms with E-state index < -0.39 is 6.03 Å². The first-order valence-corrected chi connectivity index (χ1v) is 11.0. The van der Waals surface area contributed by atoms with Crippen LogP contribution in [0.5, 0.6) is 0 Å². The van der Waals surface area contributed by atoms with Gasteiger partial charge in [-0.15, -0.1) is 0 Å². The highest BCUT2D eigenvalue weighted by molar-refractivity contribution is 5.80. The summed E-state index contributed by atoms with van der Waals surface area (Å²) >= 11 is 0. The monoisotopic (exact) mass is 442 g/mol. The SMILES string of the molecule is NC(=O)N1CCCC(C(=O)N2CCN(C(c3ccc(F)cc3)c3ccc(F)cc3)CC2)C1. The normalized spacial score (nSPS) is 19.9. The predicted octanol–water partition coefficient (Wildman–Crippen LogP) is 2.99. The van der Waals surface area contributed by atoms with Crippen molar-refractivity contribution < 1.29 is 18.4 Å². The maximum atomic E-state index is 13.5. The van der Waals surface area contributed by atoms with Crippen LogP contribution in [-0.4, -0.2) is 65.9 Å². The summed E-state index contributed by atoms with van der Waals surface area (Å²) < 4.78 is 27.0. The Bertz CT molecular complexity index is 898. The molecule has 4 rings (SSSR count). The molecule has 2 aromatic rings. The molecule has 0 aromatic heterocycles. The lowest BCUT2D eigenvalue weighted by molar-refractivity contribution is -0.138. The van der Waals surface area contributed by atoms with Gasteiger partial charge in [0.1, 0.15) is 11.6 Å². The molecule has 1 unspecified atom stereocenters. The van der Waals surface area contributed by atoms with Crippen LogP contribution in [-0.2, 0) is 4.79 Å². The molecule has 0 aliphatic carbocycles. The van der Waals surface area contributed by atoms with Crippen LogP contribution in [0.15, 0.2) is 48.5 Å². The fourth-order valence-corrected chi connectivity index (χ4v) is 4.74. The maximum absolute atomic E-state index is 13.5. The summed E-state index contributed by atoms with van der Waals surface area (Å²) in [4.78, 5) is 30.2. The van der Waals surface area contributed by atoms with E-state index in [0.717, 1.165) is 24.0 Å². The van der Waals surface area contributed by atoms with E-state index >= 15 is 0 Å². The highest BCUT2D eigenvalue weighted by Crippen LogP contribution is 2.30. The van der Waals surface area contributed by atoms with Crippen molar-refractivity contribution in [1.82, 2.24) is 14.7 Å². The predicted molar refractivity (Wildman–Crippen MR) is 117 cm³/mol. The van der Waals surface area contributed by atoms with Crippen molar-refractivity contribution in [1.29, 1.82) is 0 Å². The molecule has 0 radical (unpaired) electrons. The lowest BCUT2D eigenvalue weighted by atomic mass is 9.95. The van der Waals surface area contributed by atoms with Crippen LogP contribution < -0.4 is 5.73 Å². The number of likely N-dealkylation sites (tertiary alicyclic amines) is 1. The molecule has 6 nitrogen and oxygen atoms in total. The second kappa shape index (κ2) is 9.65. The van der Waals surface area contributed by atoms with E-state index in [4.69, 9.17) is 5.73 Å². The molecule has 0 saturated carbocycles. The van der Waals surface area contributed by atoms with Crippen molar-refractivity contribution in [2.24, 2.45) is 11.7 Å². The molecule has 32 heavy (non-hydrogen) atoms. The molecule has 2 fully saturated rings. The van der Waals surface area contributed by atoms with Gasteiger partial charge in [-0.05, 0) is 48.2 Å². The van der Waals surface area contributed by atoms with E-state index in [-0.39, 0.29) is 29.5 Å². The molecule has 2 saturated heterocycles. The van der Waals surface area contributed by atoms with Crippen LogP contribution in [0.1, 0.15) is 30.0 Å². The first-order valence-electron chi connectivity index (χ1n) is 11.0. The molecule has 2 aliphatic heterocycles. The third-order valence-electron chi connectivity index (χ3n) is 6.44. The Kier molecular flexibility index (Phi) is 6.69. The smallest absolute Gasteiger partial charge is 0.314 e. The molecule has 2 N–H and O–H groups in total. The van der Waals surface area contributed by atoms with E-state index in [1.165, 1.54) is 24.3 Å². The number of nitrogens with two attached hydrogens (primary N) is 1. The second-order valence-corrected chi connectivity index (χ2v) is 8.49. The quantitative estimate of drug-likeness (QED) is 0.792. The first kappa shape index (κ1) is 22.2. The van der Waals surface area contributed by atoms with Gasteiger partial charge in [-0.1, -0.05) is 24.3 Å². The Morgan fingerprint density at radius 1 is 0.812 bits per heavy atom. The Labute approximate surface area is 186 Å². The van der Waals surface area contributed by atoms with Gasteiger partial charge in [-0.3, -0.25) is 9.69 Å². The van der Waals surface area contributed by atoms with Gasteiger partial charge in [0, 0.05) is 39.3 Å². The number of rotatable bonds is 4. The van der Waals surface area contributed by atoms with E-state index in [1.807, 2.05) is 4.90 Å². The number of primary amides is 1.